The van der Waals surface area contributed by atoms with E-state index in [0.29, 0.717) is 29.4 Å². The van der Waals surface area contributed by atoms with Crippen molar-refractivity contribution in [2.75, 3.05) is 13.2 Å². The molecule has 0 aromatic heterocycles. The second kappa shape index (κ2) is 8.76. The Morgan fingerprint density at radius 1 is 1.10 bits per heavy atom. The maximum atomic E-state index is 13.1. The summed E-state index contributed by atoms with van der Waals surface area (Å²) in [7, 11) is 0. The molecule has 31 heavy (non-hydrogen) atoms. The van der Waals surface area contributed by atoms with Crippen LogP contribution in [-0.2, 0) is 10.3 Å². The van der Waals surface area contributed by atoms with Crippen LogP contribution < -0.4 is 10.1 Å². The van der Waals surface area contributed by atoms with Crippen LogP contribution in [-0.4, -0.2) is 35.8 Å². The minimum atomic E-state index is -1.24. The van der Waals surface area contributed by atoms with Gasteiger partial charge in [-0.3, -0.25) is 14.5 Å². The third-order valence-corrected chi connectivity index (χ3v) is 5.39. The molecule has 0 radical (unpaired) electrons. The lowest BCUT2D eigenvalue weighted by molar-refractivity contribution is -0.130. The van der Waals surface area contributed by atoms with Crippen LogP contribution in [0.25, 0.3) is 0 Å². The highest BCUT2D eigenvalue weighted by atomic mass is 16.5. The molecule has 1 atom stereocenters. The molecule has 6 heteroatoms. The summed E-state index contributed by atoms with van der Waals surface area (Å²) in [6.45, 7) is 11.6. The number of hydrogen-bond donors (Lipinski definition) is 1. The lowest BCUT2D eigenvalue weighted by atomic mass is 9.92. The molecular formula is C25H28N2O4. The molecule has 0 bridgehead atoms. The number of rotatable bonds is 8. The number of carbonyl (C=O) groups is 3. The van der Waals surface area contributed by atoms with Crippen LogP contribution in [0.1, 0.15) is 55.1 Å². The van der Waals surface area contributed by atoms with Crippen LogP contribution in [0.2, 0.25) is 0 Å². The van der Waals surface area contributed by atoms with Gasteiger partial charge < -0.3 is 10.1 Å². The Balaban J connectivity index is 1.73. The van der Waals surface area contributed by atoms with Crippen LogP contribution in [0.15, 0.2) is 60.7 Å². The lowest BCUT2D eigenvalue weighted by Gasteiger charge is -2.22. The zero-order chi connectivity index (χ0) is 22.8. The Labute approximate surface area is 182 Å². The minimum absolute atomic E-state index is 0.286. The van der Waals surface area contributed by atoms with Crippen molar-refractivity contribution in [2.24, 2.45) is 0 Å². The van der Waals surface area contributed by atoms with Crippen LogP contribution in [0.4, 0.5) is 4.79 Å². The average Bonchev–Trinajstić information content (AvgIpc) is 2.96. The Morgan fingerprint density at radius 3 is 2.26 bits per heavy atom. The van der Waals surface area contributed by atoms with E-state index in [0.717, 1.165) is 16.0 Å². The summed E-state index contributed by atoms with van der Waals surface area (Å²) >= 11 is 0. The van der Waals surface area contributed by atoms with Crippen LogP contribution in [0.3, 0.4) is 0 Å². The molecule has 1 aliphatic rings. The van der Waals surface area contributed by atoms with E-state index >= 15 is 0 Å². The highest BCUT2D eigenvalue weighted by molar-refractivity contribution is 6.11. The molecule has 3 rings (SSSR count). The van der Waals surface area contributed by atoms with E-state index in [1.807, 2.05) is 19.1 Å². The first kappa shape index (κ1) is 22.3. The number of amides is 3. The second-order valence-electron chi connectivity index (χ2n) is 8.42. The van der Waals surface area contributed by atoms with Gasteiger partial charge in [0.2, 0.25) is 0 Å². The molecule has 2 aromatic carbocycles. The summed E-state index contributed by atoms with van der Waals surface area (Å²) in [5.74, 6) is 0.254. The van der Waals surface area contributed by atoms with Crippen molar-refractivity contribution in [1.82, 2.24) is 10.2 Å². The van der Waals surface area contributed by atoms with E-state index in [9.17, 15) is 14.4 Å². The first-order valence-electron chi connectivity index (χ1n) is 10.3. The van der Waals surface area contributed by atoms with Gasteiger partial charge in [-0.25, -0.2) is 4.79 Å². The van der Waals surface area contributed by atoms with Crippen molar-refractivity contribution >= 4 is 17.7 Å². The number of nitrogens with one attached hydrogen (secondary N) is 1. The van der Waals surface area contributed by atoms with E-state index in [4.69, 9.17) is 4.74 Å². The van der Waals surface area contributed by atoms with Crippen LogP contribution >= 0.6 is 0 Å². The van der Waals surface area contributed by atoms with E-state index in [1.54, 1.807) is 43.3 Å². The molecule has 6 nitrogen and oxygen atoms in total. The van der Waals surface area contributed by atoms with Gasteiger partial charge in [-0.2, -0.15) is 0 Å². The molecule has 162 valence electrons. The molecule has 1 fully saturated rings. The first-order chi connectivity index (χ1) is 14.6. The Bertz CT molecular complexity index is 1010. The van der Waals surface area contributed by atoms with Gasteiger partial charge in [0, 0.05) is 5.56 Å². The number of ether oxygens (including phenoxy) is 1. The van der Waals surface area contributed by atoms with Crippen molar-refractivity contribution in [3.63, 3.8) is 0 Å². The van der Waals surface area contributed by atoms with Gasteiger partial charge in [-0.1, -0.05) is 56.8 Å². The number of hydrogen-bond acceptors (Lipinski definition) is 4. The molecule has 2 aromatic rings. The highest BCUT2D eigenvalue weighted by Gasteiger charge is 2.49. The summed E-state index contributed by atoms with van der Waals surface area (Å²) < 4.78 is 5.58. The maximum absolute atomic E-state index is 13.1. The second-order valence-corrected chi connectivity index (χ2v) is 8.42. The fourth-order valence-electron chi connectivity index (χ4n) is 3.42. The molecule has 1 N–H and O–H groups in total. The molecule has 0 saturated carbocycles. The number of urea groups is 1. The summed E-state index contributed by atoms with van der Waals surface area (Å²) in [4.78, 5) is 39.3. The van der Waals surface area contributed by atoms with E-state index in [1.165, 1.54) is 0 Å². The molecule has 1 saturated heterocycles. The zero-order valence-corrected chi connectivity index (χ0v) is 18.4. The predicted molar refractivity (Wildman–Crippen MR) is 119 cm³/mol. The molecule has 1 aliphatic heterocycles. The molecule has 3 amide bonds. The standard InChI is InChI=1S/C25H28N2O4/c1-16(2)15-31-21-12-10-20(11-13-21)25(5)23(29)27(24(30)26-25)14-22(28)19-8-6-18(7-9-19)17(3)4/h6-13,17H,1,14-15H2,2-5H3,(H,26,30). The molecule has 0 aliphatic carbocycles. The summed E-state index contributed by atoms with van der Waals surface area (Å²) in [5.41, 5.74) is 1.86. The van der Waals surface area contributed by atoms with E-state index in [-0.39, 0.29) is 12.3 Å². The van der Waals surface area contributed by atoms with Crippen LogP contribution in [0, 0.1) is 0 Å². The molecule has 1 heterocycles. The predicted octanol–water partition coefficient (Wildman–Crippen LogP) is 4.41. The molecule has 1 unspecified atom stereocenters. The Kier molecular flexibility index (Phi) is 6.29. The SMILES string of the molecule is C=C(C)COc1ccc(C2(C)NC(=O)N(CC(=O)c3ccc(C(C)C)cc3)C2=O)cc1. The van der Waals surface area contributed by atoms with Gasteiger partial charge in [-0.05, 0) is 48.6 Å². The Hall–Kier alpha value is -3.41. The summed E-state index contributed by atoms with van der Waals surface area (Å²) in [5, 5.41) is 2.73. The first-order valence-corrected chi connectivity index (χ1v) is 10.3. The van der Waals surface area contributed by atoms with Gasteiger partial charge >= 0.3 is 6.03 Å². The molecule has 0 spiro atoms. The fourth-order valence-corrected chi connectivity index (χ4v) is 3.42. The maximum Gasteiger partial charge on any atom is 0.325 e. The van der Waals surface area contributed by atoms with Gasteiger partial charge in [0.25, 0.3) is 5.91 Å². The number of Topliss-reactive ketones (excluding diaryl/α,β-unsaturated/α-hetero) is 1. The van der Waals surface area contributed by atoms with Crippen LogP contribution in [0.5, 0.6) is 5.75 Å². The summed E-state index contributed by atoms with van der Waals surface area (Å²) in [6.07, 6.45) is 0. The number of benzene rings is 2. The Morgan fingerprint density at radius 2 is 1.71 bits per heavy atom. The monoisotopic (exact) mass is 420 g/mol. The van der Waals surface area contributed by atoms with Gasteiger partial charge in [0.15, 0.2) is 5.78 Å². The zero-order valence-electron chi connectivity index (χ0n) is 18.4. The van der Waals surface area contributed by atoms with E-state index in [2.05, 4.69) is 25.7 Å². The normalized spacial score (nSPS) is 18.3. The highest BCUT2D eigenvalue weighted by Crippen LogP contribution is 2.30. The lowest BCUT2D eigenvalue weighted by Crippen LogP contribution is -2.41. The van der Waals surface area contributed by atoms with Gasteiger partial charge in [-0.15, -0.1) is 0 Å². The quantitative estimate of drug-likeness (QED) is 0.390. The number of ketones is 1. The number of nitrogens with zero attached hydrogens (tertiary/aromatic N) is 1. The van der Waals surface area contributed by atoms with E-state index < -0.39 is 17.5 Å². The molecular weight excluding hydrogens is 392 g/mol. The van der Waals surface area contributed by atoms with Gasteiger partial charge in [0.05, 0.1) is 6.54 Å². The average molecular weight is 421 g/mol. The van der Waals surface area contributed by atoms with Crippen molar-refractivity contribution < 1.29 is 19.1 Å². The minimum Gasteiger partial charge on any atom is -0.489 e. The third kappa shape index (κ3) is 4.68. The number of imide groups is 1. The van der Waals surface area contributed by atoms with Gasteiger partial charge in [0.1, 0.15) is 17.9 Å². The summed E-state index contributed by atoms with van der Waals surface area (Å²) in [6, 6.07) is 13.6. The van der Waals surface area contributed by atoms with Crippen molar-refractivity contribution in [3.05, 3.63) is 77.4 Å². The van der Waals surface area contributed by atoms with Crippen molar-refractivity contribution in [1.29, 1.82) is 0 Å². The van der Waals surface area contributed by atoms with Crippen molar-refractivity contribution in [3.8, 4) is 5.75 Å². The fraction of sp³-hybridized carbons (Fsp3) is 0.320. The largest absolute Gasteiger partial charge is 0.489 e. The number of carbonyl (C=O) groups excluding carboxylic acids is 3. The topological polar surface area (TPSA) is 75.7 Å². The smallest absolute Gasteiger partial charge is 0.325 e. The van der Waals surface area contributed by atoms with Crippen molar-refractivity contribution in [2.45, 2.75) is 39.2 Å². The third-order valence-electron chi connectivity index (χ3n) is 5.39.